The van der Waals surface area contributed by atoms with Crippen molar-refractivity contribution < 1.29 is 9.18 Å². The number of nitrogens with one attached hydrogen (secondary N) is 1. The number of hydrogen-bond acceptors (Lipinski definition) is 6. The normalized spacial score (nSPS) is 13.1. The second-order valence-corrected chi connectivity index (χ2v) is 10.5. The molecule has 210 valence electrons. The summed E-state index contributed by atoms with van der Waals surface area (Å²) >= 11 is 0. The van der Waals surface area contributed by atoms with E-state index in [9.17, 15) is 18.8 Å². The lowest BCUT2D eigenvalue weighted by Gasteiger charge is -2.16. The van der Waals surface area contributed by atoms with E-state index in [2.05, 4.69) is 15.1 Å². The molecule has 0 aliphatic heterocycles. The average molecular weight is 557 g/mol. The van der Waals surface area contributed by atoms with Gasteiger partial charge in [0.25, 0.3) is 11.5 Å². The molecule has 6 rings (SSSR count). The molecule has 3 N–H and O–H groups in total. The molecule has 0 spiro atoms. The smallest absolute Gasteiger partial charge is 0.333 e. The van der Waals surface area contributed by atoms with Gasteiger partial charge >= 0.3 is 5.69 Å². The summed E-state index contributed by atoms with van der Waals surface area (Å²) < 4.78 is 18.5. The first-order valence-corrected chi connectivity index (χ1v) is 13.3. The van der Waals surface area contributed by atoms with Crippen LogP contribution in [0.25, 0.3) is 11.2 Å². The predicted octanol–water partition coefficient (Wildman–Crippen LogP) is 2.67. The zero-order chi connectivity index (χ0) is 28.8. The maximum Gasteiger partial charge on any atom is 0.333 e. The quantitative estimate of drug-likeness (QED) is 0.302. The Labute approximate surface area is 233 Å². The largest absolute Gasteiger partial charge is 0.396 e. The number of hydrogen-bond donors (Lipinski definition) is 2. The fourth-order valence-electron chi connectivity index (χ4n) is 4.94. The summed E-state index contributed by atoms with van der Waals surface area (Å²) in [6.07, 6.45) is 3.96. The SMILES string of the molecule is CN(C(=O)c1nn(C)cc1N)c1ccc(Cc2nc3c([nH]2)c(=O)n(Cc2ccccc2F)c(=O)n3CC2CC2)cc1. The number of benzene rings is 2. The lowest BCUT2D eigenvalue weighted by molar-refractivity contribution is 0.0988. The zero-order valence-corrected chi connectivity index (χ0v) is 22.7. The molecule has 0 saturated heterocycles. The number of fused-ring (bicyclic) bond motifs is 1. The van der Waals surface area contributed by atoms with Gasteiger partial charge in [-0.15, -0.1) is 0 Å². The monoisotopic (exact) mass is 556 g/mol. The minimum absolute atomic E-state index is 0.169. The van der Waals surface area contributed by atoms with E-state index in [0.29, 0.717) is 41.7 Å². The zero-order valence-electron chi connectivity index (χ0n) is 22.7. The van der Waals surface area contributed by atoms with Crippen LogP contribution in [-0.2, 0) is 26.6 Å². The fourth-order valence-corrected chi connectivity index (χ4v) is 4.94. The Balaban J connectivity index is 1.29. The molecule has 11 nitrogen and oxygen atoms in total. The number of aryl methyl sites for hydroxylation is 1. The summed E-state index contributed by atoms with van der Waals surface area (Å²) in [5.74, 6) is 0.0675. The summed E-state index contributed by atoms with van der Waals surface area (Å²) in [4.78, 5) is 48.9. The lowest BCUT2D eigenvalue weighted by atomic mass is 10.1. The molecule has 1 aliphatic rings. The van der Waals surface area contributed by atoms with Gasteiger partial charge in [0.05, 0.1) is 12.2 Å². The maximum atomic E-state index is 14.4. The van der Waals surface area contributed by atoms with Gasteiger partial charge in [-0.3, -0.25) is 23.4 Å². The molecule has 1 fully saturated rings. The van der Waals surface area contributed by atoms with Gasteiger partial charge in [-0.05, 0) is 42.5 Å². The van der Waals surface area contributed by atoms with Crippen molar-refractivity contribution in [3.8, 4) is 0 Å². The van der Waals surface area contributed by atoms with Crippen molar-refractivity contribution in [2.75, 3.05) is 17.7 Å². The molecular formula is C29H29FN8O3. The lowest BCUT2D eigenvalue weighted by Crippen LogP contribution is -2.40. The van der Waals surface area contributed by atoms with Gasteiger partial charge in [0.15, 0.2) is 11.3 Å². The number of nitrogens with two attached hydrogens (primary N) is 1. The Bertz CT molecular complexity index is 1900. The number of nitrogen functional groups attached to an aromatic ring is 1. The fraction of sp³-hybridized carbons (Fsp3) is 0.276. The number of rotatable bonds is 8. The van der Waals surface area contributed by atoms with Crippen molar-refractivity contribution in [3.63, 3.8) is 0 Å². The Morgan fingerprint density at radius 2 is 1.85 bits per heavy atom. The van der Waals surface area contributed by atoms with Crippen molar-refractivity contribution in [2.45, 2.75) is 32.4 Å². The topological polar surface area (TPSA) is 137 Å². The molecule has 2 aromatic carbocycles. The van der Waals surface area contributed by atoms with E-state index < -0.39 is 17.1 Å². The van der Waals surface area contributed by atoms with Crippen LogP contribution in [0.5, 0.6) is 0 Å². The first-order valence-electron chi connectivity index (χ1n) is 13.3. The summed E-state index contributed by atoms with van der Waals surface area (Å²) in [6, 6.07) is 13.4. The molecule has 1 amide bonds. The van der Waals surface area contributed by atoms with Crippen LogP contribution in [0.2, 0.25) is 0 Å². The van der Waals surface area contributed by atoms with Crippen molar-refractivity contribution >= 4 is 28.4 Å². The molecule has 0 bridgehead atoms. The molecule has 12 heteroatoms. The van der Waals surface area contributed by atoms with Crippen molar-refractivity contribution in [2.24, 2.45) is 13.0 Å². The Kier molecular flexibility index (Phi) is 6.52. The van der Waals surface area contributed by atoms with E-state index in [1.54, 1.807) is 50.6 Å². The highest BCUT2D eigenvalue weighted by Crippen LogP contribution is 2.30. The first-order chi connectivity index (χ1) is 19.7. The van der Waals surface area contributed by atoms with E-state index in [-0.39, 0.29) is 29.2 Å². The Morgan fingerprint density at radius 3 is 2.51 bits per heavy atom. The summed E-state index contributed by atoms with van der Waals surface area (Å²) in [5.41, 5.74) is 7.68. The molecule has 3 heterocycles. The number of halogens is 1. The summed E-state index contributed by atoms with van der Waals surface area (Å²) in [5, 5.41) is 4.14. The third kappa shape index (κ3) is 5.04. The number of H-pyrrole nitrogens is 1. The number of carbonyl (C=O) groups is 1. The minimum atomic E-state index is -0.539. The van der Waals surface area contributed by atoms with Gasteiger partial charge < -0.3 is 15.6 Å². The van der Waals surface area contributed by atoms with Crippen LogP contribution in [0.4, 0.5) is 15.8 Å². The van der Waals surface area contributed by atoms with E-state index >= 15 is 0 Å². The molecule has 1 saturated carbocycles. The van der Waals surface area contributed by atoms with Gasteiger partial charge in [0.1, 0.15) is 17.2 Å². The molecule has 1 aliphatic carbocycles. The molecule has 0 unspecified atom stereocenters. The highest BCUT2D eigenvalue weighted by Gasteiger charge is 2.26. The maximum absolute atomic E-state index is 14.4. The van der Waals surface area contributed by atoms with Gasteiger partial charge in [0.2, 0.25) is 0 Å². The van der Waals surface area contributed by atoms with E-state index in [1.165, 1.54) is 20.2 Å². The van der Waals surface area contributed by atoms with Gasteiger partial charge in [-0.25, -0.2) is 14.2 Å². The third-order valence-corrected chi connectivity index (χ3v) is 7.39. The number of aromatic amines is 1. The van der Waals surface area contributed by atoms with Gasteiger partial charge in [-0.1, -0.05) is 30.3 Å². The van der Waals surface area contributed by atoms with Crippen LogP contribution in [0.15, 0.2) is 64.3 Å². The van der Waals surface area contributed by atoms with Gasteiger partial charge in [-0.2, -0.15) is 5.10 Å². The van der Waals surface area contributed by atoms with E-state index in [0.717, 1.165) is 23.0 Å². The highest BCUT2D eigenvalue weighted by molar-refractivity contribution is 6.07. The summed E-state index contributed by atoms with van der Waals surface area (Å²) in [6.45, 7) is 0.282. The molecule has 3 aromatic heterocycles. The standard InChI is InChI=1S/C29H29FN8O3/c1-35-16-22(31)24(34-35)27(39)36(2)20-11-9-17(10-12-20)13-23-32-25-26(33-23)37(14-18-7-8-18)29(41)38(28(25)40)15-19-5-3-4-6-21(19)30/h3-6,9-12,16,18H,7-8,13-15,31H2,1-2H3,(H,32,33). The first kappa shape index (κ1) is 26.2. The number of anilines is 2. The molecule has 0 radical (unpaired) electrons. The Hall–Kier alpha value is -5.00. The number of aromatic nitrogens is 6. The molecule has 5 aromatic rings. The van der Waals surface area contributed by atoms with E-state index in [4.69, 9.17) is 5.73 Å². The number of nitrogens with zero attached hydrogens (tertiary/aromatic N) is 6. The summed E-state index contributed by atoms with van der Waals surface area (Å²) in [7, 11) is 3.35. The van der Waals surface area contributed by atoms with Crippen molar-refractivity contribution in [1.82, 2.24) is 28.9 Å². The van der Waals surface area contributed by atoms with Crippen LogP contribution in [0, 0.1) is 11.7 Å². The van der Waals surface area contributed by atoms with Crippen LogP contribution in [0.3, 0.4) is 0 Å². The Morgan fingerprint density at radius 1 is 1.12 bits per heavy atom. The van der Waals surface area contributed by atoms with Crippen LogP contribution < -0.4 is 21.9 Å². The van der Waals surface area contributed by atoms with Gasteiger partial charge in [0, 0.05) is 44.5 Å². The third-order valence-electron chi connectivity index (χ3n) is 7.39. The van der Waals surface area contributed by atoms with Crippen molar-refractivity contribution in [3.05, 3.63) is 104 Å². The van der Waals surface area contributed by atoms with Crippen LogP contribution >= 0.6 is 0 Å². The number of carbonyl (C=O) groups excluding carboxylic acids is 1. The average Bonchev–Trinajstić information content (AvgIpc) is 3.58. The van der Waals surface area contributed by atoms with Crippen LogP contribution in [-0.4, -0.2) is 41.8 Å². The molecule has 41 heavy (non-hydrogen) atoms. The number of imidazole rings is 1. The molecular weight excluding hydrogens is 527 g/mol. The van der Waals surface area contributed by atoms with Crippen molar-refractivity contribution in [1.29, 1.82) is 0 Å². The minimum Gasteiger partial charge on any atom is -0.396 e. The highest BCUT2D eigenvalue weighted by atomic mass is 19.1. The second-order valence-electron chi connectivity index (χ2n) is 10.5. The molecule has 0 atom stereocenters. The second kappa shape index (κ2) is 10.2. The number of amides is 1. The van der Waals surface area contributed by atoms with Crippen LogP contribution in [0.1, 0.15) is 40.3 Å². The predicted molar refractivity (Wildman–Crippen MR) is 152 cm³/mol. The van der Waals surface area contributed by atoms with E-state index in [1.807, 2.05) is 12.1 Å².